The van der Waals surface area contributed by atoms with E-state index in [9.17, 15) is 4.79 Å². The van der Waals surface area contributed by atoms with Gasteiger partial charge in [-0.3, -0.25) is 9.20 Å². The third kappa shape index (κ3) is 3.13. The number of imidazole rings is 1. The number of carbonyl (C=O) groups excluding carboxylic acids is 1. The van der Waals surface area contributed by atoms with Crippen LogP contribution < -0.4 is 10.5 Å². The van der Waals surface area contributed by atoms with Crippen molar-refractivity contribution in [1.82, 2.24) is 29.2 Å². The van der Waals surface area contributed by atoms with E-state index in [0.29, 0.717) is 29.0 Å². The maximum Gasteiger partial charge on any atom is 0.254 e. The Bertz CT molecular complexity index is 1580. The molecular weight excluding hydrogens is 430 g/mol. The predicted octanol–water partition coefficient (Wildman–Crippen LogP) is 3.44. The van der Waals surface area contributed by atoms with Gasteiger partial charge in [0.15, 0.2) is 0 Å². The molecular formula is C25H21N7O2. The van der Waals surface area contributed by atoms with Crippen molar-refractivity contribution in [1.29, 1.82) is 0 Å². The number of hydrogen-bond donors (Lipinski definition) is 1. The molecule has 9 heteroatoms. The number of hydrogen-bond acceptors (Lipinski definition) is 7. The first kappa shape index (κ1) is 20.1. The fraction of sp³-hybridized carbons (Fsp3) is 0.160. The number of nitrogens with two attached hydrogens (primary N) is 1. The molecule has 5 aromatic rings. The molecule has 34 heavy (non-hydrogen) atoms. The zero-order chi connectivity index (χ0) is 23.4. The number of benzene rings is 2. The molecule has 168 valence electrons. The molecule has 2 N–H and O–H groups in total. The van der Waals surface area contributed by atoms with Crippen LogP contribution in [0.15, 0.2) is 61.3 Å². The minimum Gasteiger partial charge on any atom is -0.491 e. The Hall–Kier alpha value is -4.53. The largest absolute Gasteiger partial charge is 0.491 e. The number of amides is 1. The summed E-state index contributed by atoms with van der Waals surface area (Å²) in [5.74, 6) is 1.78. The highest BCUT2D eigenvalue weighted by Gasteiger charge is 2.31. The molecule has 6 rings (SSSR count). The first-order chi connectivity index (χ1) is 16.5. The maximum absolute atomic E-state index is 13.4. The zero-order valence-corrected chi connectivity index (χ0v) is 18.6. The number of nitrogens with zero attached hydrogens (tertiary/aromatic N) is 6. The van der Waals surface area contributed by atoms with Crippen molar-refractivity contribution in [3.05, 3.63) is 78.3 Å². The normalized spacial score (nSPS) is 14.8. The lowest BCUT2D eigenvalue weighted by molar-refractivity contribution is 0.0708. The number of likely N-dealkylation sites (N-methyl/N-ethyl adjacent to an activating group) is 1. The molecule has 3 aromatic heterocycles. The minimum atomic E-state index is -0.195. The molecule has 0 spiro atoms. The summed E-state index contributed by atoms with van der Waals surface area (Å²) in [5, 5.41) is 0. The van der Waals surface area contributed by atoms with Crippen molar-refractivity contribution in [3.63, 3.8) is 0 Å². The fourth-order valence-corrected chi connectivity index (χ4v) is 4.39. The lowest BCUT2D eigenvalue weighted by Crippen LogP contribution is -2.32. The summed E-state index contributed by atoms with van der Waals surface area (Å²) in [7, 11) is 1.80. The number of nitrogen functional groups attached to an aromatic ring is 1. The Morgan fingerprint density at radius 2 is 1.91 bits per heavy atom. The first-order valence-corrected chi connectivity index (χ1v) is 10.8. The average molecular weight is 451 g/mol. The van der Waals surface area contributed by atoms with Crippen molar-refractivity contribution >= 4 is 28.3 Å². The predicted molar refractivity (Wildman–Crippen MR) is 127 cm³/mol. The quantitative estimate of drug-likeness (QED) is 0.447. The molecule has 0 unspecified atom stereocenters. The van der Waals surface area contributed by atoms with Crippen LogP contribution in [0.1, 0.15) is 27.8 Å². The van der Waals surface area contributed by atoms with Gasteiger partial charge in [-0.15, -0.1) is 0 Å². The number of carbonyl (C=O) groups is 1. The van der Waals surface area contributed by atoms with E-state index >= 15 is 0 Å². The number of rotatable bonds is 3. The van der Waals surface area contributed by atoms with E-state index < -0.39 is 0 Å². The van der Waals surface area contributed by atoms with Crippen molar-refractivity contribution < 1.29 is 9.53 Å². The Morgan fingerprint density at radius 1 is 1.09 bits per heavy atom. The van der Waals surface area contributed by atoms with E-state index in [0.717, 1.165) is 33.8 Å². The molecule has 0 bridgehead atoms. The van der Waals surface area contributed by atoms with Crippen LogP contribution in [0.4, 0.5) is 5.82 Å². The van der Waals surface area contributed by atoms with E-state index in [-0.39, 0.29) is 11.9 Å². The second-order valence-corrected chi connectivity index (χ2v) is 8.36. The van der Waals surface area contributed by atoms with Crippen LogP contribution in [-0.2, 0) is 0 Å². The van der Waals surface area contributed by atoms with Gasteiger partial charge in [-0.2, -0.15) is 0 Å². The number of ether oxygens (including phenoxy) is 1. The van der Waals surface area contributed by atoms with Crippen molar-refractivity contribution in [2.24, 2.45) is 0 Å². The molecule has 9 nitrogen and oxygen atoms in total. The highest BCUT2D eigenvalue weighted by molar-refractivity contribution is 5.98. The molecule has 4 heterocycles. The van der Waals surface area contributed by atoms with Gasteiger partial charge in [0.05, 0.1) is 29.6 Å². The smallest absolute Gasteiger partial charge is 0.254 e. The van der Waals surface area contributed by atoms with Gasteiger partial charge in [-0.1, -0.05) is 12.1 Å². The van der Waals surface area contributed by atoms with Gasteiger partial charge in [0.25, 0.3) is 5.91 Å². The van der Waals surface area contributed by atoms with E-state index in [1.807, 2.05) is 35.6 Å². The monoisotopic (exact) mass is 451 g/mol. The summed E-state index contributed by atoms with van der Waals surface area (Å²) < 4.78 is 7.81. The van der Waals surface area contributed by atoms with Gasteiger partial charge >= 0.3 is 0 Å². The van der Waals surface area contributed by atoms with E-state index in [1.54, 1.807) is 49.0 Å². The van der Waals surface area contributed by atoms with Crippen LogP contribution in [0.3, 0.4) is 0 Å². The van der Waals surface area contributed by atoms with Crippen LogP contribution >= 0.6 is 0 Å². The molecule has 1 aliphatic heterocycles. The molecule has 0 radical (unpaired) electrons. The molecule has 0 saturated heterocycles. The highest BCUT2D eigenvalue weighted by atomic mass is 16.5. The van der Waals surface area contributed by atoms with Gasteiger partial charge in [-0.05, 0) is 36.8 Å². The van der Waals surface area contributed by atoms with Crippen LogP contribution in [0.2, 0.25) is 0 Å². The van der Waals surface area contributed by atoms with Gasteiger partial charge in [0.1, 0.15) is 29.5 Å². The molecule has 0 aliphatic carbocycles. The standard InChI is InChI=1S/C25H21N7O2/c1-14-28-9-17(10-29-14)15-3-5-18-22(12-34-23(18)8-15)31(2)25(33)16-4-6-19-20(7-16)32-13-27-11-21(32)24(26)30-19/h3-11,13,22H,12H2,1-2H3,(H2,26,30)/t22-/m1/s1. The Labute approximate surface area is 194 Å². The van der Waals surface area contributed by atoms with E-state index in [4.69, 9.17) is 10.5 Å². The lowest BCUT2D eigenvalue weighted by atomic mass is 10.0. The number of fused-ring (bicyclic) bond motifs is 4. The minimum absolute atomic E-state index is 0.107. The number of aromatic nitrogens is 5. The maximum atomic E-state index is 13.4. The SMILES string of the molecule is Cc1ncc(-c2ccc3c(c2)OC[C@H]3N(C)C(=O)c2ccc3nc(N)c4cncn4c3c2)cn1. The topological polar surface area (TPSA) is 112 Å². The third-order valence-electron chi connectivity index (χ3n) is 6.30. The Morgan fingerprint density at radius 3 is 2.74 bits per heavy atom. The zero-order valence-electron chi connectivity index (χ0n) is 18.6. The fourth-order valence-electron chi connectivity index (χ4n) is 4.39. The van der Waals surface area contributed by atoms with Crippen LogP contribution in [0.5, 0.6) is 5.75 Å². The Kier molecular flexibility index (Phi) is 4.44. The summed E-state index contributed by atoms with van der Waals surface area (Å²) in [6.45, 7) is 2.25. The van der Waals surface area contributed by atoms with E-state index in [1.165, 1.54) is 0 Å². The van der Waals surface area contributed by atoms with Gasteiger partial charge in [0.2, 0.25) is 0 Å². The molecule has 0 saturated carbocycles. The number of anilines is 1. The molecule has 2 aromatic carbocycles. The second-order valence-electron chi connectivity index (χ2n) is 8.36. The van der Waals surface area contributed by atoms with Crippen LogP contribution in [0, 0.1) is 6.92 Å². The number of aryl methyl sites for hydroxylation is 1. The van der Waals surface area contributed by atoms with Crippen LogP contribution in [0.25, 0.3) is 27.7 Å². The molecule has 1 amide bonds. The lowest BCUT2D eigenvalue weighted by Gasteiger charge is -2.24. The van der Waals surface area contributed by atoms with Gasteiger partial charge in [0, 0.05) is 36.1 Å². The van der Waals surface area contributed by atoms with Gasteiger partial charge < -0.3 is 15.4 Å². The van der Waals surface area contributed by atoms with Gasteiger partial charge in [-0.25, -0.2) is 19.9 Å². The highest BCUT2D eigenvalue weighted by Crippen LogP contribution is 2.38. The second kappa shape index (κ2) is 7.51. The van der Waals surface area contributed by atoms with Crippen molar-refractivity contribution in [2.75, 3.05) is 19.4 Å². The summed E-state index contributed by atoms with van der Waals surface area (Å²) in [4.78, 5) is 32.3. The van der Waals surface area contributed by atoms with E-state index in [2.05, 4.69) is 19.9 Å². The third-order valence-corrected chi connectivity index (χ3v) is 6.30. The molecule has 1 aliphatic rings. The summed E-state index contributed by atoms with van der Waals surface area (Å²) in [6, 6.07) is 11.2. The average Bonchev–Trinajstić information content (AvgIpc) is 3.51. The summed E-state index contributed by atoms with van der Waals surface area (Å²) in [5.41, 5.74) is 11.6. The summed E-state index contributed by atoms with van der Waals surface area (Å²) in [6.07, 6.45) is 6.93. The van der Waals surface area contributed by atoms with Crippen LogP contribution in [-0.4, -0.2) is 48.8 Å². The first-order valence-electron chi connectivity index (χ1n) is 10.8. The molecule has 1 atom stereocenters. The van der Waals surface area contributed by atoms with Crippen molar-refractivity contribution in [2.45, 2.75) is 13.0 Å². The molecule has 0 fully saturated rings. The summed E-state index contributed by atoms with van der Waals surface area (Å²) >= 11 is 0. The Balaban J connectivity index is 1.31. The van der Waals surface area contributed by atoms with Crippen molar-refractivity contribution in [3.8, 4) is 16.9 Å².